The second kappa shape index (κ2) is 16.0. The van der Waals surface area contributed by atoms with E-state index in [4.69, 9.17) is 22.2 Å². The molecule has 230 valence electrons. The molecule has 0 saturated heterocycles. The number of aromatic nitrogens is 2. The maximum absolute atomic E-state index is 13.8. The van der Waals surface area contributed by atoms with Crippen LogP contribution in [0, 0.1) is 17.2 Å². The van der Waals surface area contributed by atoms with Gasteiger partial charge >= 0.3 is 6.18 Å². The number of nitrogens with zero attached hydrogens (tertiary/aromatic N) is 4. The van der Waals surface area contributed by atoms with E-state index < -0.39 is 17.8 Å². The number of thiocarbonyl (C=S) groups is 1. The van der Waals surface area contributed by atoms with Crippen LogP contribution in [0.25, 0.3) is 0 Å². The fourth-order valence-electron chi connectivity index (χ4n) is 4.56. The molecule has 3 aromatic rings. The van der Waals surface area contributed by atoms with Crippen molar-refractivity contribution in [1.82, 2.24) is 25.1 Å². The van der Waals surface area contributed by atoms with E-state index in [1.54, 1.807) is 42.7 Å². The molecule has 1 aromatic heterocycles. The fourth-order valence-corrected chi connectivity index (χ4v) is 4.80. The first-order chi connectivity index (χ1) is 20.5. The molecule has 0 radical (unpaired) electrons. The molecule has 0 saturated carbocycles. The van der Waals surface area contributed by atoms with Gasteiger partial charge in [0, 0.05) is 51.2 Å². The highest BCUT2D eigenvalue weighted by atomic mass is 32.1. The third-order valence-electron chi connectivity index (χ3n) is 7.22. The number of benzene rings is 2. The number of ether oxygens (including phenoxy) is 1. The van der Waals surface area contributed by atoms with Gasteiger partial charge in [-0.15, -0.1) is 0 Å². The number of nitriles is 1. The zero-order chi connectivity index (χ0) is 31.4. The highest BCUT2D eigenvalue weighted by Gasteiger charge is 2.34. The van der Waals surface area contributed by atoms with Gasteiger partial charge in [0.05, 0.1) is 36.6 Å². The van der Waals surface area contributed by atoms with Crippen molar-refractivity contribution in [2.45, 2.75) is 52.0 Å². The molecule has 0 aliphatic carbocycles. The number of hydrogen-bond donors (Lipinski definition) is 2. The quantitative estimate of drug-likeness (QED) is 0.197. The van der Waals surface area contributed by atoms with Crippen molar-refractivity contribution in [1.29, 1.82) is 5.26 Å². The summed E-state index contributed by atoms with van der Waals surface area (Å²) >= 11 is 5.60. The van der Waals surface area contributed by atoms with E-state index in [-0.39, 0.29) is 42.0 Å². The smallest absolute Gasteiger partial charge is 0.383 e. The predicted molar refractivity (Wildman–Crippen MR) is 162 cm³/mol. The summed E-state index contributed by atoms with van der Waals surface area (Å²) in [4.78, 5) is 19.2. The van der Waals surface area contributed by atoms with E-state index in [9.17, 15) is 18.0 Å². The summed E-state index contributed by atoms with van der Waals surface area (Å²) in [5.41, 5.74) is 1.60. The first kappa shape index (κ1) is 33.6. The lowest BCUT2D eigenvalue weighted by Crippen LogP contribution is -2.51. The van der Waals surface area contributed by atoms with Crippen LogP contribution >= 0.6 is 12.2 Å². The largest absolute Gasteiger partial charge is 0.416 e. The molecule has 43 heavy (non-hydrogen) atoms. The number of amides is 1. The molecule has 3 rings (SSSR count). The van der Waals surface area contributed by atoms with Crippen molar-refractivity contribution in [3.8, 4) is 6.07 Å². The second-order valence-corrected chi connectivity index (χ2v) is 10.7. The third kappa shape index (κ3) is 10.1. The zero-order valence-electron chi connectivity index (χ0n) is 24.5. The molecule has 8 nitrogen and oxygen atoms in total. The van der Waals surface area contributed by atoms with Crippen LogP contribution < -0.4 is 10.6 Å². The van der Waals surface area contributed by atoms with Gasteiger partial charge in [-0.05, 0) is 47.5 Å². The highest BCUT2D eigenvalue weighted by molar-refractivity contribution is 7.80. The van der Waals surface area contributed by atoms with Crippen molar-refractivity contribution in [3.05, 3.63) is 89.0 Å². The lowest BCUT2D eigenvalue weighted by Gasteiger charge is -2.33. The molecule has 0 fully saturated rings. The highest BCUT2D eigenvalue weighted by Crippen LogP contribution is 2.32. The van der Waals surface area contributed by atoms with Gasteiger partial charge in [0.25, 0.3) is 0 Å². The summed E-state index contributed by atoms with van der Waals surface area (Å²) in [6.07, 6.45) is -0.429. The van der Waals surface area contributed by atoms with Crippen LogP contribution in [0.2, 0.25) is 0 Å². The second-order valence-electron chi connectivity index (χ2n) is 10.3. The van der Waals surface area contributed by atoms with Crippen molar-refractivity contribution >= 4 is 23.2 Å². The number of alkyl halides is 3. The molecule has 0 bridgehead atoms. The molecular weight excluding hydrogens is 577 g/mol. The first-order valence-corrected chi connectivity index (χ1v) is 14.4. The Bertz CT molecular complexity index is 1390. The molecule has 1 heterocycles. The van der Waals surface area contributed by atoms with Gasteiger partial charge in [-0.25, -0.2) is 4.98 Å². The van der Waals surface area contributed by atoms with Gasteiger partial charge in [-0.1, -0.05) is 50.6 Å². The molecule has 0 aliphatic rings. The van der Waals surface area contributed by atoms with Crippen molar-refractivity contribution in [2.75, 3.05) is 26.8 Å². The van der Waals surface area contributed by atoms with Crippen molar-refractivity contribution < 1.29 is 22.7 Å². The molecular formula is C31H37F3N6O2S. The van der Waals surface area contributed by atoms with Crippen LogP contribution in [0.3, 0.4) is 0 Å². The lowest BCUT2D eigenvalue weighted by atomic mass is 9.97. The van der Waals surface area contributed by atoms with E-state index in [2.05, 4.69) is 21.7 Å². The summed E-state index contributed by atoms with van der Waals surface area (Å²) < 4.78 is 48.3. The molecule has 12 heteroatoms. The first-order valence-electron chi connectivity index (χ1n) is 14.0. The average Bonchev–Trinajstić information content (AvgIpc) is 3.41. The maximum atomic E-state index is 13.8. The number of halogens is 3. The molecule has 2 N–H and O–H groups in total. The summed E-state index contributed by atoms with van der Waals surface area (Å²) in [5, 5.41) is 15.5. The summed E-state index contributed by atoms with van der Waals surface area (Å²) in [6, 6.07) is 14.3. The maximum Gasteiger partial charge on any atom is 0.416 e. The minimum absolute atomic E-state index is 0.00893. The number of carbonyl (C=O) groups is 1. The molecule has 2 atom stereocenters. The Morgan fingerprint density at radius 1 is 1.21 bits per heavy atom. The monoisotopic (exact) mass is 614 g/mol. The topological polar surface area (TPSA) is 95.2 Å². The SMILES string of the molecule is CC[C@H](C)[C@@H](CN(Cc1ccccc1C(F)(F)F)C(=S)NCCOC)NC(=O)Cc1cncn1Cc1ccc(C#N)cc1. The molecule has 1 amide bonds. The molecule has 0 spiro atoms. The van der Waals surface area contributed by atoms with Gasteiger partial charge in [-0.3, -0.25) is 4.79 Å². The molecule has 2 aromatic carbocycles. The van der Waals surface area contributed by atoms with E-state index in [0.717, 1.165) is 18.1 Å². The fraction of sp³-hybridized carbons (Fsp3) is 0.419. The minimum atomic E-state index is -4.52. The Hall–Kier alpha value is -3.95. The van der Waals surface area contributed by atoms with Crippen LogP contribution in [0.5, 0.6) is 0 Å². The normalized spacial score (nSPS) is 12.7. The third-order valence-corrected chi connectivity index (χ3v) is 7.63. The van der Waals surface area contributed by atoms with E-state index in [0.29, 0.717) is 31.0 Å². The number of imidazole rings is 1. The van der Waals surface area contributed by atoms with Gasteiger partial charge < -0.3 is 24.8 Å². The predicted octanol–water partition coefficient (Wildman–Crippen LogP) is 4.92. The van der Waals surface area contributed by atoms with Gasteiger partial charge in [0.2, 0.25) is 5.91 Å². The Kier molecular flexibility index (Phi) is 12.5. The van der Waals surface area contributed by atoms with Crippen LogP contribution in [0.1, 0.15) is 48.2 Å². The Morgan fingerprint density at radius 2 is 1.93 bits per heavy atom. The summed E-state index contributed by atoms with van der Waals surface area (Å²) in [7, 11) is 1.55. The summed E-state index contributed by atoms with van der Waals surface area (Å²) in [5.74, 6) is -0.226. The van der Waals surface area contributed by atoms with Crippen LogP contribution in [-0.4, -0.2) is 58.3 Å². The Morgan fingerprint density at radius 3 is 2.58 bits per heavy atom. The Balaban J connectivity index is 1.77. The van der Waals surface area contributed by atoms with E-state index in [1.165, 1.54) is 12.1 Å². The number of carbonyl (C=O) groups excluding carboxylic acids is 1. The van der Waals surface area contributed by atoms with Crippen molar-refractivity contribution in [2.24, 2.45) is 5.92 Å². The van der Waals surface area contributed by atoms with E-state index in [1.807, 2.05) is 30.5 Å². The van der Waals surface area contributed by atoms with Gasteiger partial charge in [-0.2, -0.15) is 18.4 Å². The number of methoxy groups -OCH3 is 1. The zero-order valence-corrected chi connectivity index (χ0v) is 25.3. The standard InChI is InChI=1S/C31H37F3N6O2S/c1-4-22(2)28(38-29(41)15-26-17-36-21-40(26)18-24-11-9-23(16-35)10-12-24)20-39(30(43)37-13-14-42-3)19-25-7-5-6-8-27(25)31(32,33)34/h5-12,17,21-22,28H,4,13-15,18-20H2,1-3H3,(H,37,43)(H,38,41)/t22-,28+/m0/s1. The number of rotatable bonds is 14. The van der Waals surface area contributed by atoms with Crippen LogP contribution in [0.15, 0.2) is 61.1 Å². The molecule has 0 aliphatic heterocycles. The van der Waals surface area contributed by atoms with Crippen LogP contribution in [0.4, 0.5) is 13.2 Å². The van der Waals surface area contributed by atoms with E-state index >= 15 is 0 Å². The van der Waals surface area contributed by atoms with Crippen molar-refractivity contribution in [3.63, 3.8) is 0 Å². The summed E-state index contributed by atoms with van der Waals surface area (Å²) in [6.45, 7) is 5.34. The number of hydrogen-bond acceptors (Lipinski definition) is 5. The van der Waals surface area contributed by atoms with Gasteiger partial charge in [0.15, 0.2) is 5.11 Å². The number of nitrogens with one attached hydrogen (secondary N) is 2. The van der Waals surface area contributed by atoms with Crippen LogP contribution in [-0.2, 0) is 35.2 Å². The lowest BCUT2D eigenvalue weighted by molar-refractivity contribution is -0.138. The average molecular weight is 615 g/mol. The van der Waals surface area contributed by atoms with Gasteiger partial charge in [0.1, 0.15) is 0 Å². The molecule has 0 unspecified atom stereocenters. The Labute approximate surface area is 255 Å². The minimum Gasteiger partial charge on any atom is -0.383 e.